The fourth-order valence-electron chi connectivity index (χ4n) is 3.52. The van der Waals surface area contributed by atoms with Crippen molar-refractivity contribution in [1.29, 1.82) is 0 Å². The summed E-state index contributed by atoms with van der Waals surface area (Å²) in [6.45, 7) is 1.87. The van der Waals surface area contributed by atoms with E-state index in [1.165, 1.54) is 5.56 Å². The van der Waals surface area contributed by atoms with Gasteiger partial charge in [-0.3, -0.25) is 0 Å². The first kappa shape index (κ1) is 20.1. The molecule has 4 nitrogen and oxygen atoms in total. The van der Waals surface area contributed by atoms with E-state index in [-0.39, 0.29) is 0 Å². The Balaban J connectivity index is 1.38. The Bertz CT molecular complexity index is 1070. The number of nitrogens with one attached hydrogen (secondary N) is 2. The first-order valence-electron chi connectivity index (χ1n) is 10.4. The molecule has 3 N–H and O–H groups in total. The molecule has 1 heterocycles. The number of anilines is 1. The third-order valence-electron chi connectivity index (χ3n) is 5.13. The second-order valence-electron chi connectivity index (χ2n) is 7.41. The monoisotopic (exact) mass is 397 g/mol. The Hall–Kier alpha value is -3.21. The lowest BCUT2D eigenvalue weighted by atomic mass is 10.1. The number of hydrogen-bond donors (Lipinski definition) is 3. The topological polar surface area (TPSA) is 57.2 Å². The summed E-state index contributed by atoms with van der Waals surface area (Å²) in [6.07, 6.45) is 0.476. The van der Waals surface area contributed by atoms with Gasteiger partial charge in [-0.1, -0.05) is 78.9 Å². The normalized spacial score (nSPS) is 12.0. The van der Waals surface area contributed by atoms with Gasteiger partial charge in [0, 0.05) is 29.7 Å². The summed E-state index contributed by atoms with van der Waals surface area (Å²) in [4.78, 5) is 4.81. The molecule has 4 heteroatoms. The second-order valence-corrected chi connectivity index (χ2v) is 7.41. The van der Waals surface area contributed by atoms with Gasteiger partial charge in [0.15, 0.2) is 0 Å². The molecule has 0 spiro atoms. The van der Waals surface area contributed by atoms with Crippen molar-refractivity contribution in [2.45, 2.75) is 12.5 Å². The van der Waals surface area contributed by atoms with Gasteiger partial charge in [-0.25, -0.2) is 4.98 Å². The number of fused-ring (bicyclic) bond motifs is 1. The maximum Gasteiger partial charge on any atom is 0.0836 e. The van der Waals surface area contributed by atoms with Crippen molar-refractivity contribution < 1.29 is 5.11 Å². The molecule has 0 saturated carbocycles. The summed E-state index contributed by atoms with van der Waals surface area (Å²) < 4.78 is 0. The quantitative estimate of drug-likeness (QED) is 0.364. The van der Waals surface area contributed by atoms with Gasteiger partial charge in [-0.15, -0.1) is 0 Å². The summed E-state index contributed by atoms with van der Waals surface area (Å²) in [7, 11) is 0. The fraction of sp³-hybridized carbons (Fsp3) is 0.192. The Kier molecular flexibility index (Phi) is 6.70. The van der Waals surface area contributed by atoms with E-state index in [4.69, 9.17) is 4.98 Å². The van der Waals surface area contributed by atoms with Gasteiger partial charge in [0.1, 0.15) is 0 Å². The van der Waals surface area contributed by atoms with Gasteiger partial charge in [0.05, 0.1) is 17.3 Å². The average Bonchev–Trinajstić information content (AvgIpc) is 2.81. The van der Waals surface area contributed by atoms with Crippen LogP contribution in [-0.2, 0) is 6.42 Å². The van der Waals surface area contributed by atoms with Gasteiger partial charge in [0.25, 0.3) is 0 Å². The standard InChI is InChI=1S/C26H27N3O/c30-22(18-27-16-15-20-9-3-1-4-10-20)19-28-26-17-25(21-11-5-2-6-12-21)29-24-14-8-7-13-23(24)26/h1-14,17,22,27,30H,15-16,18-19H2,(H,28,29)/t22-/m0/s1. The zero-order valence-electron chi connectivity index (χ0n) is 17.0. The van der Waals surface area contributed by atoms with Crippen molar-refractivity contribution in [2.24, 2.45) is 0 Å². The van der Waals surface area contributed by atoms with Gasteiger partial charge in [0.2, 0.25) is 0 Å². The molecule has 0 radical (unpaired) electrons. The molecular weight excluding hydrogens is 370 g/mol. The Morgan fingerprint density at radius 2 is 1.50 bits per heavy atom. The lowest BCUT2D eigenvalue weighted by Crippen LogP contribution is -2.33. The highest BCUT2D eigenvalue weighted by molar-refractivity contribution is 5.93. The van der Waals surface area contributed by atoms with Gasteiger partial charge in [-0.2, -0.15) is 0 Å². The number of aromatic nitrogens is 1. The van der Waals surface area contributed by atoms with Crippen LogP contribution in [0.1, 0.15) is 5.56 Å². The summed E-state index contributed by atoms with van der Waals surface area (Å²) in [5, 5.41) is 18.3. The molecule has 0 amide bonds. The molecule has 0 fully saturated rings. The molecule has 0 bridgehead atoms. The van der Waals surface area contributed by atoms with Crippen LogP contribution in [0.25, 0.3) is 22.2 Å². The van der Waals surface area contributed by atoms with Crippen molar-refractivity contribution >= 4 is 16.6 Å². The summed E-state index contributed by atoms with van der Waals surface area (Å²) in [5.74, 6) is 0. The predicted octanol–water partition coefficient (Wildman–Crippen LogP) is 4.51. The van der Waals surface area contributed by atoms with E-state index in [0.29, 0.717) is 13.1 Å². The SMILES string of the molecule is O[C@@H](CNCCc1ccccc1)CNc1cc(-c2ccccc2)nc2ccccc12. The molecule has 3 aromatic carbocycles. The molecule has 0 aliphatic heterocycles. The van der Waals surface area contributed by atoms with Crippen molar-refractivity contribution in [3.05, 3.63) is 96.6 Å². The summed E-state index contributed by atoms with van der Waals surface area (Å²) in [6, 6.07) is 30.7. The van der Waals surface area contributed by atoms with Gasteiger partial charge >= 0.3 is 0 Å². The number of hydrogen-bond acceptors (Lipinski definition) is 4. The zero-order chi connectivity index (χ0) is 20.6. The molecule has 1 aromatic heterocycles. The third kappa shape index (κ3) is 5.23. The minimum absolute atomic E-state index is 0.473. The van der Waals surface area contributed by atoms with Crippen LogP contribution in [0.3, 0.4) is 0 Å². The van der Waals surface area contributed by atoms with Crippen LogP contribution >= 0.6 is 0 Å². The maximum atomic E-state index is 10.4. The largest absolute Gasteiger partial charge is 0.390 e. The van der Waals surface area contributed by atoms with Crippen LogP contribution in [0.4, 0.5) is 5.69 Å². The molecule has 1 atom stereocenters. The maximum absolute atomic E-state index is 10.4. The lowest BCUT2D eigenvalue weighted by Gasteiger charge is -2.16. The summed E-state index contributed by atoms with van der Waals surface area (Å²) >= 11 is 0. The molecule has 0 aliphatic carbocycles. The average molecular weight is 398 g/mol. The molecule has 30 heavy (non-hydrogen) atoms. The van der Waals surface area contributed by atoms with E-state index in [2.05, 4.69) is 59.2 Å². The number of pyridine rings is 1. The third-order valence-corrected chi connectivity index (χ3v) is 5.13. The second kappa shape index (κ2) is 10.0. The van der Waals surface area contributed by atoms with Crippen molar-refractivity contribution in [2.75, 3.05) is 25.0 Å². The van der Waals surface area contributed by atoms with Gasteiger partial charge < -0.3 is 15.7 Å². The minimum Gasteiger partial charge on any atom is -0.390 e. The van der Waals surface area contributed by atoms with E-state index in [0.717, 1.165) is 40.8 Å². The Morgan fingerprint density at radius 1 is 0.800 bits per heavy atom. The van der Waals surface area contributed by atoms with Gasteiger partial charge in [-0.05, 0) is 30.7 Å². The van der Waals surface area contributed by atoms with E-state index in [1.807, 2.05) is 42.5 Å². The minimum atomic E-state index is -0.479. The Labute approximate surface area is 177 Å². The van der Waals surface area contributed by atoms with Crippen LogP contribution in [0.15, 0.2) is 91.0 Å². The molecule has 4 aromatic rings. The predicted molar refractivity (Wildman–Crippen MR) is 125 cm³/mol. The molecule has 152 valence electrons. The molecule has 0 saturated heterocycles. The van der Waals surface area contributed by atoms with Crippen molar-refractivity contribution in [3.8, 4) is 11.3 Å². The number of para-hydroxylation sites is 1. The molecule has 0 unspecified atom stereocenters. The van der Waals surface area contributed by atoms with E-state index in [9.17, 15) is 5.11 Å². The van der Waals surface area contributed by atoms with Crippen molar-refractivity contribution in [3.63, 3.8) is 0 Å². The smallest absolute Gasteiger partial charge is 0.0836 e. The molecule has 4 rings (SSSR count). The highest BCUT2D eigenvalue weighted by atomic mass is 16.3. The van der Waals surface area contributed by atoms with Crippen LogP contribution in [0, 0.1) is 0 Å². The fourth-order valence-corrected chi connectivity index (χ4v) is 3.52. The highest BCUT2D eigenvalue weighted by Gasteiger charge is 2.09. The number of rotatable bonds is 9. The molecule has 0 aliphatic rings. The number of nitrogens with zero attached hydrogens (tertiary/aromatic N) is 1. The van der Waals surface area contributed by atoms with Crippen LogP contribution < -0.4 is 10.6 Å². The van der Waals surface area contributed by atoms with Crippen LogP contribution in [-0.4, -0.2) is 35.8 Å². The lowest BCUT2D eigenvalue weighted by molar-refractivity contribution is 0.184. The Morgan fingerprint density at radius 3 is 2.30 bits per heavy atom. The van der Waals surface area contributed by atoms with Crippen LogP contribution in [0.5, 0.6) is 0 Å². The zero-order valence-corrected chi connectivity index (χ0v) is 17.0. The first-order valence-corrected chi connectivity index (χ1v) is 10.4. The number of aliphatic hydroxyl groups is 1. The number of benzene rings is 3. The first-order chi connectivity index (χ1) is 14.8. The summed E-state index contributed by atoms with van der Waals surface area (Å²) in [5.41, 5.74) is 5.23. The van der Waals surface area contributed by atoms with E-state index >= 15 is 0 Å². The number of aliphatic hydroxyl groups excluding tert-OH is 1. The van der Waals surface area contributed by atoms with E-state index < -0.39 is 6.10 Å². The van der Waals surface area contributed by atoms with E-state index in [1.54, 1.807) is 0 Å². The van der Waals surface area contributed by atoms with Crippen LogP contribution in [0.2, 0.25) is 0 Å². The highest BCUT2D eigenvalue weighted by Crippen LogP contribution is 2.28. The molecular formula is C26H27N3O. The van der Waals surface area contributed by atoms with Crippen molar-refractivity contribution in [1.82, 2.24) is 10.3 Å².